The first-order chi connectivity index (χ1) is 8.34. The number of urea groups is 1. The highest BCUT2D eigenvalue weighted by Gasteiger charge is 2.13. The topological polar surface area (TPSA) is 66.0 Å². The molecule has 17 heavy (non-hydrogen) atoms. The van der Waals surface area contributed by atoms with Crippen molar-refractivity contribution in [3.63, 3.8) is 0 Å². The molecule has 1 fully saturated rings. The van der Waals surface area contributed by atoms with Crippen LogP contribution in [-0.2, 0) is 0 Å². The van der Waals surface area contributed by atoms with Gasteiger partial charge in [0.05, 0.1) is 0 Å². The third kappa shape index (κ3) is 4.03. The molecule has 92 valence electrons. The molecule has 0 aromatic carbocycles. The summed E-state index contributed by atoms with van der Waals surface area (Å²) in [5, 5.41) is 9.08. The van der Waals surface area contributed by atoms with Gasteiger partial charge in [0, 0.05) is 30.7 Å². The summed E-state index contributed by atoms with van der Waals surface area (Å²) >= 11 is 0. The molecular weight excluding hydrogens is 216 g/mol. The van der Waals surface area contributed by atoms with E-state index in [4.69, 9.17) is 0 Å². The number of carbonyl (C=O) groups excluding carboxylic acids is 1. The lowest BCUT2D eigenvalue weighted by Gasteiger charge is -2.16. The van der Waals surface area contributed by atoms with E-state index in [0.717, 1.165) is 31.6 Å². The molecule has 0 aliphatic carbocycles. The standard InChI is InChI=1S/C12H18N4O/c17-12(15-10-4-7-13-8-5-10)16-11-3-1-2-6-14-9-11/h4-5,7-8,11,14H,1-3,6,9H2,(H2,13,15,16,17). The molecule has 5 heteroatoms. The third-order valence-electron chi connectivity index (χ3n) is 2.82. The van der Waals surface area contributed by atoms with Gasteiger partial charge in [0.15, 0.2) is 0 Å². The van der Waals surface area contributed by atoms with Crippen molar-refractivity contribution in [2.24, 2.45) is 0 Å². The van der Waals surface area contributed by atoms with Gasteiger partial charge in [-0.1, -0.05) is 6.42 Å². The molecule has 1 saturated heterocycles. The number of hydrogen-bond acceptors (Lipinski definition) is 3. The summed E-state index contributed by atoms with van der Waals surface area (Å²) in [4.78, 5) is 15.6. The Morgan fingerprint density at radius 2 is 2.18 bits per heavy atom. The first kappa shape index (κ1) is 11.9. The highest BCUT2D eigenvalue weighted by molar-refractivity contribution is 5.89. The van der Waals surface area contributed by atoms with Crippen molar-refractivity contribution in [2.75, 3.05) is 18.4 Å². The van der Waals surface area contributed by atoms with Gasteiger partial charge in [-0.2, -0.15) is 0 Å². The van der Waals surface area contributed by atoms with E-state index < -0.39 is 0 Å². The second kappa shape index (κ2) is 6.20. The molecule has 2 heterocycles. The van der Waals surface area contributed by atoms with Crippen LogP contribution in [0, 0.1) is 0 Å². The van der Waals surface area contributed by atoms with E-state index in [1.807, 2.05) is 0 Å². The quantitative estimate of drug-likeness (QED) is 0.723. The second-order valence-electron chi connectivity index (χ2n) is 4.23. The maximum atomic E-state index is 11.7. The Kier molecular flexibility index (Phi) is 4.32. The summed E-state index contributed by atoms with van der Waals surface area (Å²) in [6.07, 6.45) is 6.69. The minimum atomic E-state index is -0.148. The van der Waals surface area contributed by atoms with Crippen molar-refractivity contribution in [3.8, 4) is 0 Å². The molecule has 1 aromatic rings. The van der Waals surface area contributed by atoms with Crippen LogP contribution in [0.3, 0.4) is 0 Å². The lowest BCUT2D eigenvalue weighted by Crippen LogP contribution is -2.42. The molecule has 1 aliphatic heterocycles. The Morgan fingerprint density at radius 3 is 3.00 bits per heavy atom. The summed E-state index contributed by atoms with van der Waals surface area (Å²) in [5.74, 6) is 0. The van der Waals surface area contributed by atoms with E-state index in [9.17, 15) is 4.79 Å². The fourth-order valence-electron chi connectivity index (χ4n) is 1.93. The van der Waals surface area contributed by atoms with Crippen LogP contribution < -0.4 is 16.0 Å². The normalized spacial score (nSPS) is 20.4. The van der Waals surface area contributed by atoms with Gasteiger partial charge >= 0.3 is 6.03 Å². The fraction of sp³-hybridized carbons (Fsp3) is 0.500. The lowest BCUT2D eigenvalue weighted by molar-refractivity contribution is 0.247. The number of carbonyl (C=O) groups is 1. The van der Waals surface area contributed by atoms with Crippen molar-refractivity contribution >= 4 is 11.7 Å². The number of hydrogen-bond donors (Lipinski definition) is 3. The van der Waals surface area contributed by atoms with Crippen LogP contribution in [0.5, 0.6) is 0 Å². The molecule has 5 nitrogen and oxygen atoms in total. The Hall–Kier alpha value is -1.62. The highest BCUT2D eigenvalue weighted by Crippen LogP contribution is 2.06. The first-order valence-electron chi connectivity index (χ1n) is 6.03. The van der Waals surface area contributed by atoms with E-state index in [-0.39, 0.29) is 12.1 Å². The summed E-state index contributed by atoms with van der Waals surface area (Å²) in [6.45, 7) is 1.90. The molecule has 2 rings (SSSR count). The van der Waals surface area contributed by atoms with Gasteiger partial charge in [0.25, 0.3) is 0 Å². The van der Waals surface area contributed by atoms with Crippen LogP contribution >= 0.6 is 0 Å². The van der Waals surface area contributed by atoms with E-state index >= 15 is 0 Å². The molecule has 1 atom stereocenters. The molecule has 0 bridgehead atoms. The van der Waals surface area contributed by atoms with Crippen LogP contribution in [0.4, 0.5) is 10.5 Å². The van der Waals surface area contributed by atoms with Gasteiger partial charge in [0.2, 0.25) is 0 Å². The lowest BCUT2D eigenvalue weighted by atomic mass is 10.1. The largest absolute Gasteiger partial charge is 0.334 e. The predicted octanol–water partition coefficient (Wildman–Crippen LogP) is 1.35. The summed E-state index contributed by atoms with van der Waals surface area (Å²) < 4.78 is 0. The van der Waals surface area contributed by atoms with Crippen molar-refractivity contribution in [1.29, 1.82) is 0 Å². The molecule has 2 amide bonds. The van der Waals surface area contributed by atoms with Crippen LogP contribution in [0.15, 0.2) is 24.5 Å². The third-order valence-corrected chi connectivity index (χ3v) is 2.82. The minimum Gasteiger partial charge on any atom is -0.334 e. The molecule has 1 aliphatic rings. The number of nitrogens with one attached hydrogen (secondary N) is 3. The van der Waals surface area contributed by atoms with Crippen LogP contribution in [0.2, 0.25) is 0 Å². The van der Waals surface area contributed by atoms with E-state index in [2.05, 4.69) is 20.9 Å². The molecule has 1 aromatic heterocycles. The zero-order chi connectivity index (χ0) is 11.9. The van der Waals surface area contributed by atoms with Crippen LogP contribution in [-0.4, -0.2) is 30.1 Å². The molecule has 3 N–H and O–H groups in total. The maximum Gasteiger partial charge on any atom is 0.319 e. The van der Waals surface area contributed by atoms with Crippen LogP contribution in [0.1, 0.15) is 19.3 Å². The number of aromatic nitrogens is 1. The van der Waals surface area contributed by atoms with Gasteiger partial charge in [-0.15, -0.1) is 0 Å². The van der Waals surface area contributed by atoms with Gasteiger partial charge in [0.1, 0.15) is 0 Å². The zero-order valence-corrected chi connectivity index (χ0v) is 9.78. The van der Waals surface area contributed by atoms with Crippen molar-refractivity contribution < 1.29 is 4.79 Å². The molecule has 1 unspecified atom stereocenters. The number of anilines is 1. The minimum absolute atomic E-state index is 0.148. The maximum absolute atomic E-state index is 11.7. The Balaban J connectivity index is 1.80. The van der Waals surface area contributed by atoms with E-state index in [0.29, 0.717) is 0 Å². The number of amides is 2. The molecule has 0 saturated carbocycles. The van der Waals surface area contributed by atoms with Crippen LogP contribution in [0.25, 0.3) is 0 Å². The average molecular weight is 234 g/mol. The first-order valence-corrected chi connectivity index (χ1v) is 6.03. The second-order valence-corrected chi connectivity index (χ2v) is 4.23. The van der Waals surface area contributed by atoms with Gasteiger partial charge < -0.3 is 16.0 Å². The van der Waals surface area contributed by atoms with Crippen molar-refractivity contribution in [3.05, 3.63) is 24.5 Å². The fourth-order valence-corrected chi connectivity index (χ4v) is 1.93. The molecule has 0 spiro atoms. The van der Waals surface area contributed by atoms with Crippen molar-refractivity contribution in [1.82, 2.24) is 15.6 Å². The Morgan fingerprint density at radius 1 is 1.35 bits per heavy atom. The Labute approximate surface area is 101 Å². The average Bonchev–Trinajstić information content (AvgIpc) is 2.59. The number of rotatable bonds is 2. The number of pyridine rings is 1. The van der Waals surface area contributed by atoms with Gasteiger partial charge in [-0.3, -0.25) is 4.98 Å². The zero-order valence-electron chi connectivity index (χ0n) is 9.78. The SMILES string of the molecule is O=C(Nc1ccncc1)NC1CCCCNC1. The Bertz CT molecular complexity index is 347. The van der Waals surface area contributed by atoms with Gasteiger partial charge in [-0.25, -0.2) is 4.79 Å². The smallest absolute Gasteiger partial charge is 0.319 e. The van der Waals surface area contributed by atoms with E-state index in [1.165, 1.54) is 6.42 Å². The summed E-state index contributed by atoms with van der Waals surface area (Å²) in [7, 11) is 0. The highest BCUT2D eigenvalue weighted by atomic mass is 16.2. The summed E-state index contributed by atoms with van der Waals surface area (Å²) in [5.41, 5.74) is 0.763. The van der Waals surface area contributed by atoms with Crippen molar-refractivity contribution in [2.45, 2.75) is 25.3 Å². The van der Waals surface area contributed by atoms with E-state index in [1.54, 1.807) is 24.5 Å². The predicted molar refractivity (Wildman–Crippen MR) is 66.9 cm³/mol. The summed E-state index contributed by atoms with van der Waals surface area (Å²) in [6, 6.07) is 3.61. The molecular formula is C12H18N4O. The number of nitrogens with zero attached hydrogens (tertiary/aromatic N) is 1. The molecule has 0 radical (unpaired) electrons. The monoisotopic (exact) mass is 234 g/mol. The van der Waals surface area contributed by atoms with Gasteiger partial charge in [-0.05, 0) is 31.5 Å².